The van der Waals surface area contributed by atoms with Gasteiger partial charge in [-0.2, -0.15) is 5.10 Å². The van der Waals surface area contributed by atoms with Crippen molar-refractivity contribution in [2.24, 2.45) is 7.05 Å². The number of hydrogen-bond acceptors (Lipinski definition) is 3. The average molecular weight is 366 g/mol. The smallest absolute Gasteiger partial charge is 0.261 e. The maximum atomic E-state index is 12.8. The van der Waals surface area contributed by atoms with Crippen molar-refractivity contribution in [1.82, 2.24) is 19.3 Å². The van der Waals surface area contributed by atoms with Crippen molar-refractivity contribution in [3.63, 3.8) is 0 Å². The fourth-order valence-electron chi connectivity index (χ4n) is 3.59. The minimum atomic E-state index is -0.0206. The van der Waals surface area contributed by atoms with Gasteiger partial charge in [0, 0.05) is 18.6 Å². The van der Waals surface area contributed by atoms with Crippen molar-refractivity contribution >= 4 is 21.8 Å². The third-order valence-corrected chi connectivity index (χ3v) is 4.96. The number of aromatic nitrogens is 4. The lowest BCUT2D eigenvalue weighted by atomic mass is 10.0. The van der Waals surface area contributed by atoms with Gasteiger partial charge in [-0.1, -0.05) is 36.4 Å². The zero-order chi connectivity index (χ0) is 19.1. The van der Waals surface area contributed by atoms with Crippen LogP contribution in [0.5, 0.6) is 0 Å². The number of aryl methyl sites for hydroxylation is 1. The van der Waals surface area contributed by atoms with E-state index in [1.54, 1.807) is 10.9 Å². The van der Waals surface area contributed by atoms with Crippen LogP contribution in [-0.2, 0) is 13.6 Å². The van der Waals surface area contributed by atoms with Crippen LogP contribution in [0, 0.1) is 0 Å². The first-order valence-corrected chi connectivity index (χ1v) is 9.14. The summed E-state index contributed by atoms with van der Waals surface area (Å²) in [7, 11) is 1.93. The molecule has 5 rings (SSSR count). The first kappa shape index (κ1) is 16.4. The Labute approximate surface area is 161 Å². The van der Waals surface area contributed by atoms with Gasteiger partial charge in [-0.05, 0) is 47.0 Å². The molecule has 0 fully saturated rings. The predicted octanol–water partition coefficient (Wildman–Crippen LogP) is 4.00. The Hall–Kier alpha value is -3.73. The zero-order valence-corrected chi connectivity index (χ0v) is 15.4. The largest absolute Gasteiger partial charge is 0.294 e. The van der Waals surface area contributed by atoms with Crippen LogP contribution in [0.3, 0.4) is 0 Å². The number of nitrogens with zero attached hydrogens (tertiary/aromatic N) is 4. The van der Waals surface area contributed by atoms with E-state index in [1.165, 1.54) is 0 Å². The summed E-state index contributed by atoms with van der Waals surface area (Å²) in [5, 5.41) is 6.18. The highest BCUT2D eigenvalue weighted by molar-refractivity contribution is 5.84. The van der Waals surface area contributed by atoms with Crippen LogP contribution in [0.15, 0.2) is 84.0 Å². The van der Waals surface area contributed by atoms with E-state index in [9.17, 15) is 4.79 Å². The van der Waals surface area contributed by atoms with E-state index in [0.717, 1.165) is 33.1 Å². The van der Waals surface area contributed by atoms with Crippen molar-refractivity contribution in [2.45, 2.75) is 6.54 Å². The van der Waals surface area contributed by atoms with Crippen LogP contribution in [0.2, 0.25) is 0 Å². The van der Waals surface area contributed by atoms with Gasteiger partial charge < -0.3 is 0 Å². The minimum Gasteiger partial charge on any atom is -0.294 e. The van der Waals surface area contributed by atoms with Gasteiger partial charge >= 0.3 is 0 Å². The normalized spacial score (nSPS) is 11.3. The van der Waals surface area contributed by atoms with Gasteiger partial charge in [0.15, 0.2) is 0 Å². The number of hydrogen-bond donors (Lipinski definition) is 0. The van der Waals surface area contributed by atoms with Gasteiger partial charge in [-0.15, -0.1) is 0 Å². The molecule has 0 radical (unpaired) electrons. The summed E-state index contributed by atoms with van der Waals surface area (Å²) in [6.45, 7) is 0.486. The number of fused-ring (bicyclic) bond motifs is 2. The molecule has 136 valence electrons. The molecular weight excluding hydrogens is 348 g/mol. The van der Waals surface area contributed by atoms with Crippen molar-refractivity contribution in [1.29, 1.82) is 0 Å². The molecule has 0 spiro atoms. The molecule has 0 atom stereocenters. The Bertz CT molecular complexity index is 1380. The Morgan fingerprint density at radius 3 is 2.68 bits per heavy atom. The molecule has 0 bridgehead atoms. The lowest BCUT2D eigenvalue weighted by Gasteiger charge is -2.09. The second-order valence-electron chi connectivity index (χ2n) is 6.97. The molecule has 0 N–H and O–H groups in total. The lowest BCUT2D eigenvalue weighted by molar-refractivity contribution is 0.748. The number of para-hydroxylation sites is 1. The van der Waals surface area contributed by atoms with Gasteiger partial charge in [0.25, 0.3) is 5.56 Å². The highest BCUT2D eigenvalue weighted by Crippen LogP contribution is 2.25. The van der Waals surface area contributed by atoms with Gasteiger partial charge in [0.05, 0.1) is 29.3 Å². The summed E-state index contributed by atoms with van der Waals surface area (Å²) in [6.07, 6.45) is 3.64. The summed E-state index contributed by atoms with van der Waals surface area (Å²) in [4.78, 5) is 17.2. The number of rotatable bonds is 3. The third-order valence-electron chi connectivity index (χ3n) is 4.96. The molecule has 0 unspecified atom stereocenters. The molecular formula is C23H18N4O. The molecule has 5 aromatic rings. The highest BCUT2D eigenvalue weighted by Gasteiger charge is 2.07. The molecule has 0 amide bonds. The molecule has 28 heavy (non-hydrogen) atoms. The van der Waals surface area contributed by atoms with Gasteiger partial charge in [-0.3, -0.25) is 14.0 Å². The van der Waals surface area contributed by atoms with E-state index in [1.807, 2.05) is 60.4 Å². The van der Waals surface area contributed by atoms with Gasteiger partial charge in [0.1, 0.15) is 0 Å². The highest BCUT2D eigenvalue weighted by atomic mass is 16.1. The predicted molar refractivity (Wildman–Crippen MR) is 111 cm³/mol. The van der Waals surface area contributed by atoms with Crippen LogP contribution in [-0.4, -0.2) is 19.3 Å². The van der Waals surface area contributed by atoms with Crippen LogP contribution in [0.25, 0.3) is 32.9 Å². The maximum absolute atomic E-state index is 12.8. The Kier molecular flexibility index (Phi) is 3.79. The van der Waals surface area contributed by atoms with E-state index in [-0.39, 0.29) is 5.56 Å². The maximum Gasteiger partial charge on any atom is 0.261 e. The SMILES string of the molecule is Cn1cc2cc(-c3cccc(Cn4cnc5ccccc5c4=O)c3)ccc2n1. The molecule has 0 saturated carbocycles. The fourth-order valence-corrected chi connectivity index (χ4v) is 3.59. The fraction of sp³-hybridized carbons (Fsp3) is 0.0870. The van der Waals surface area contributed by atoms with Crippen LogP contribution in [0.4, 0.5) is 0 Å². The summed E-state index contributed by atoms with van der Waals surface area (Å²) < 4.78 is 3.48. The molecule has 5 nitrogen and oxygen atoms in total. The van der Waals surface area contributed by atoms with E-state index < -0.39 is 0 Å². The number of benzene rings is 3. The Balaban J connectivity index is 1.52. The lowest BCUT2D eigenvalue weighted by Crippen LogP contribution is -2.21. The summed E-state index contributed by atoms with van der Waals surface area (Å²) >= 11 is 0. The molecule has 0 aliphatic carbocycles. The van der Waals surface area contributed by atoms with Crippen molar-refractivity contribution in [3.8, 4) is 11.1 Å². The quantitative estimate of drug-likeness (QED) is 0.485. The first-order chi connectivity index (χ1) is 13.7. The summed E-state index contributed by atoms with van der Waals surface area (Å²) in [5.74, 6) is 0. The van der Waals surface area contributed by atoms with Gasteiger partial charge in [-0.25, -0.2) is 4.98 Å². The second-order valence-corrected chi connectivity index (χ2v) is 6.97. The minimum absolute atomic E-state index is 0.0206. The first-order valence-electron chi connectivity index (χ1n) is 9.14. The third kappa shape index (κ3) is 2.87. The Morgan fingerprint density at radius 1 is 0.893 bits per heavy atom. The Morgan fingerprint density at radius 2 is 1.75 bits per heavy atom. The van der Waals surface area contributed by atoms with Crippen LogP contribution < -0.4 is 5.56 Å². The van der Waals surface area contributed by atoms with Crippen molar-refractivity contribution in [2.75, 3.05) is 0 Å². The van der Waals surface area contributed by atoms with Crippen molar-refractivity contribution in [3.05, 3.63) is 95.2 Å². The molecule has 2 aromatic heterocycles. The second kappa shape index (κ2) is 6.46. The molecule has 0 aliphatic rings. The molecule has 5 heteroatoms. The molecule has 2 heterocycles. The van der Waals surface area contributed by atoms with E-state index in [0.29, 0.717) is 11.9 Å². The standard InChI is InChI=1S/C23H18N4O/c1-26-14-19-12-18(9-10-21(19)25-26)17-6-4-5-16(11-17)13-27-15-24-22-8-3-2-7-20(22)23(27)28/h2-12,14-15H,13H2,1H3. The van der Waals surface area contributed by atoms with E-state index in [2.05, 4.69) is 34.3 Å². The van der Waals surface area contributed by atoms with E-state index in [4.69, 9.17) is 0 Å². The summed E-state index contributed by atoms with van der Waals surface area (Å²) in [6, 6.07) is 22.0. The zero-order valence-electron chi connectivity index (χ0n) is 15.4. The monoisotopic (exact) mass is 366 g/mol. The molecule has 3 aromatic carbocycles. The molecule has 0 saturated heterocycles. The molecule has 0 aliphatic heterocycles. The van der Waals surface area contributed by atoms with Crippen LogP contribution in [0.1, 0.15) is 5.56 Å². The van der Waals surface area contributed by atoms with Gasteiger partial charge in [0.2, 0.25) is 0 Å². The van der Waals surface area contributed by atoms with E-state index >= 15 is 0 Å². The van der Waals surface area contributed by atoms with Crippen LogP contribution >= 0.6 is 0 Å². The summed E-state index contributed by atoms with van der Waals surface area (Å²) in [5.41, 5.74) is 4.99. The average Bonchev–Trinajstić information content (AvgIpc) is 3.10. The van der Waals surface area contributed by atoms with Crippen molar-refractivity contribution < 1.29 is 0 Å². The topological polar surface area (TPSA) is 52.7 Å².